The highest BCUT2D eigenvalue weighted by molar-refractivity contribution is 9.10. The second kappa shape index (κ2) is 6.63. The van der Waals surface area contributed by atoms with Gasteiger partial charge in [-0.15, -0.1) is 0 Å². The van der Waals surface area contributed by atoms with E-state index >= 15 is 0 Å². The van der Waals surface area contributed by atoms with Crippen LogP contribution in [0.2, 0.25) is 30.7 Å². The van der Waals surface area contributed by atoms with E-state index in [0.717, 1.165) is 32.7 Å². The second-order valence-corrected chi connectivity index (χ2v) is 13.8. The molecule has 8 heteroatoms. The molecule has 3 heterocycles. The highest BCUT2D eigenvalue weighted by Crippen LogP contribution is 2.33. The first kappa shape index (κ1) is 17.7. The van der Waals surface area contributed by atoms with Gasteiger partial charge in [-0.05, 0) is 12.1 Å². The van der Waals surface area contributed by atoms with Crippen molar-refractivity contribution in [3.05, 3.63) is 39.4 Å². The molecule has 128 valence electrons. The van der Waals surface area contributed by atoms with Gasteiger partial charge in [0.05, 0.1) is 5.02 Å². The van der Waals surface area contributed by atoms with Gasteiger partial charge in [0.2, 0.25) is 6.20 Å². The van der Waals surface area contributed by atoms with Crippen molar-refractivity contribution < 1.29 is 9.47 Å². The Morgan fingerprint density at radius 1 is 1.42 bits per heavy atom. The van der Waals surface area contributed by atoms with Crippen LogP contribution in [-0.4, -0.2) is 24.2 Å². The summed E-state index contributed by atoms with van der Waals surface area (Å²) in [7, 11) is -1.14. The summed E-state index contributed by atoms with van der Waals surface area (Å²) in [5.74, 6) is 0. The van der Waals surface area contributed by atoms with E-state index in [1.807, 2.05) is 4.57 Å². The number of nitrogens with zero attached hydrogens (tertiary/aromatic N) is 3. The standard InChI is InChI=1S/C16H19BrClN3O2Si/c1-24(2,3)7-6-23-10-20-13-9-21(22)14(17)8-11(13)15-12(18)4-5-19-16(15)20/h4-5,8-9H,6-7,10H2,1-3H3. The highest BCUT2D eigenvalue weighted by Gasteiger charge is 2.19. The van der Waals surface area contributed by atoms with Gasteiger partial charge in [-0.25, -0.2) is 4.98 Å². The monoisotopic (exact) mass is 427 g/mol. The molecule has 24 heavy (non-hydrogen) atoms. The number of hydrogen-bond donors (Lipinski definition) is 0. The molecular formula is C16H19BrClN3O2Si. The molecule has 0 unspecified atom stereocenters. The van der Waals surface area contributed by atoms with Crippen molar-refractivity contribution in [2.45, 2.75) is 32.4 Å². The minimum absolute atomic E-state index is 0.347. The van der Waals surface area contributed by atoms with Crippen LogP contribution in [0.25, 0.3) is 21.9 Å². The molecule has 0 saturated carbocycles. The van der Waals surface area contributed by atoms with E-state index in [4.69, 9.17) is 16.3 Å². The molecule has 0 atom stereocenters. The van der Waals surface area contributed by atoms with Crippen LogP contribution in [0.4, 0.5) is 0 Å². The summed E-state index contributed by atoms with van der Waals surface area (Å²) in [5, 5.41) is 14.3. The van der Waals surface area contributed by atoms with Crippen molar-refractivity contribution in [2.24, 2.45) is 0 Å². The molecule has 0 aliphatic rings. The molecule has 0 aromatic carbocycles. The van der Waals surface area contributed by atoms with Gasteiger partial charge in [-0.1, -0.05) is 31.2 Å². The van der Waals surface area contributed by atoms with Crippen LogP contribution < -0.4 is 4.73 Å². The van der Waals surface area contributed by atoms with Crippen LogP contribution in [-0.2, 0) is 11.5 Å². The Balaban J connectivity index is 2.04. The maximum Gasteiger partial charge on any atom is 0.259 e. The van der Waals surface area contributed by atoms with Crippen molar-refractivity contribution in [1.82, 2.24) is 9.55 Å². The Hall–Kier alpha value is -1.15. The van der Waals surface area contributed by atoms with Crippen LogP contribution in [0.15, 0.2) is 29.1 Å². The Morgan fingerprint density at radius 3 is 2.88 bits per heavy atom. The van der Waals surface area contributed by atoms with E-state index in [9.17, 15) is 5.21 Å². The van der Waals surface area contributed by atoms with E-state index in [1.54, 1.807) is 18.3 Å². The largest absolute Gasteiger partial charge is 0.618 e. The van der Waals surface area contributed by atoms with Crippen LogP contribution in [0.3, 0.4) is 0 Å². The third-order valence-corrected chi connectivity index (χ3v) is 6.50. The van der Waals surface area contributed by atoms with Crippen LogP contribution in [0.5, 0.6) is 0 Å². The number of pyridine rings is 2. The molecule has 0 bridgehead atoms. The normalized spacial score (nSPS) is 12.4. The lowest BCUT2D eigenvalue weighted by Crippen LogP contribution is -2.27. The van der Waals surface area contributed by atoms with Crippen LogP contribution in [0, 0.1) is 5.21 Å². The van der Waals surface area contributed by atoms with E-state index in [1.165, 1.54) is 6.20 Å². The molecule has 0 aliphatic heterocycles. The van der Waals surface area contributed by atoms with Crippen molar-refractivity contribution in [3.63, 3.8) is 0 Å². The maximum absolute atomic E-state index is 12.0. The summed E-state index contributed by atoms with van der Waals surface area (Å²) in [6.45, 7) is 7.99. The first-order chi connectivity index (χ1) is 11.3. The van der Waals surface area contributed by atoms with Gasteiger partial charge >= 0.3 is 0 Å². The average Bonchev–Trinajstić information content (AvgIpc) is 2.78. The maximum atomic E-state index is 12.0. The fourth-order valence-corrected chi connectivity index (χ4v) is 3.91. The zero-order valence-corrected chi connectivity index (χ0v) is 17.2. The number of hydrogen-bond acceptors (Lipinski definition) is 3. The number of ether oxygens (including phenoxy) is 1. The molecule has 0 saturated heterocycles. The molecule has 0 spiro atoms. The first-order valence-corrected chi connectivity index (χ1v) is 12.6. The van der Waals surface area contributed by atoms with Crippen molar-refractivity contribution in [2.75, 3.05) is 6.61 Å². The number of rotatable bonds is 5. The Labute approximate surface area is 154 Å². The molecule has 0 N–H and O–H groups in total. The SMILES string of the molecule is C[Si](C)(C)CCOCn1c2c[n+]([O-])c(Br)cc2c2c(Cl)ccnc21. The number of aromatic nitrogens is 3. The lowest BCUT2D eigenvalue weighted by Gasteiger charge is -2.15. The molecule has 3 aromatic heterocycles. The minimum atomic E-state index is -1.14. The fourth-order valence-electron chi connectivity index (χ4n) is 2.57. The van der Waals surface area contributed by atoms with Gasteiger partial charge in [0.25, 0.3) is 4.60 Å². The number of fused-ring (bicyclic) bond motifs is 3. The van der Waals surface area contributed by atoms with Crippen molar-refractivity contribution in [1.29, 1.82) is 0 Å². The van der Waals surface area contributed by atoms with Gasteiger partial charge in [-0.2, -0.15) is 4.73 Å². The van der Waals surface area contributed by atoms with E-state index in [2.05, 4.69) is 40.6 Å². The van der Waals surface area contributed by atoms with E-state index in [-0.39, 0.29) is 0 Å². The summed E-state index contributed by atoms with van der Waals surface area (Å²) in [6, 6.07) is 4.62. The van der Waals surface area contributed by atoms with Crippen molar-refractivity contribution in [3.8, 4) is 0 Å². The van der Waals surface area contributed by atoms with Crippen molar-refractivity contribution >= 4 is 57.5 Å². The average molecular weight is 429 g/mol. The van der Waals surface area contributed by atoms with Gasteiger partial charge in [0, 0.05) is 53.6 Å². The summed E-state index contributed by atoms with van der Waals surface area (Å²) in [4.78, 5) is 4.45. The lowest BCUT2D eigenvalue weighted by atomic mass is 10.2. The third kappa shape index (κ3) is 3.44. The molecule has 0 radical (unpaired) electrons. The first-order valence-electron chi connectivity index (χ1n) is 7.71. The Kier molecular flexibility index (Phi) is 4.88. The van der Waals surface area contributed by atoms with Crippen LogP contribution in [0.1, 0.15) is 0 Å². The summed E-state index contributed by atoms with van der Waals surface area (Å²) >= 11 is 9.65. The molecule has 5 nitrogen and oxygen atoms in total. The predicted octanol–water partition coefficient (Wildman–Crippen LogP) is 4.55. The molecular weight excluding hydrogens is 410 g/mol. The molecule has 0 fully saturated rings. The second-order valence-electron chi connectivity index (χ2n) is 6.99. The van der Waals surface area contributed by atoms with Gasteiger partial charge < -0.3 is 9.94 Å². The minimum Gasteiger partial charge on any atom is -0.618 e. The van der Waals surface area contributed by atoms with Gasteiger partial charge in [0.1, 0.15) is 17.9 Å². The quantitative estimate of drug-likeness (QED) is 0.197. The molecule has 0 amide bonds. The lowest BCUT2D eigenvalue weighted by molar-refractivity contribution is -0.615. The highest BCUT2D eigenvalue weighted by atomic mass is 79.9. The fraction of sp³-hybridized carbons (Fsp3) is 0.375. The van der Waals surface area contributed by atoms with Gasteiger partial charge in [-0.3, -0.25) is 4.57 Å². The molecule has 3 rings (SSSR count). The Bertz CT molecular complexity index is 908. The summed E-state index contributed by atoms with van der Waals surface area (Å²) < 4.78 is 9.00. The van der Waals surface area contributed by atoms with E-state index in [0.29, 0.717) is 23.0 Å². The predicted molar refractivity (Wildman–Crippen MR) is 103 cm³/mol. The smallest absolute Gasteiger partial charge is 0.259 e. The number of halogens is 2. The topological polar surface area (TPSA) is 54.0 Å². The zero-order valence-electron chi connectivity index (χ0n) is 13.8. The van der Waals surface area contributed by atoms with Crippen LogP contribution >= 0.6 is 27.5 Å². The molecule has 3 aromatic rings. The summed E-state index contributed by atoms with van der Waals surface area (Å²) in [6.07, 6.45) is 3.20. The van der Waals surface area contributed by atoms with E-state index < -0.39 is 8.07 Å². The third-order valence-electron chi connectivity index (χ3n) is 3.90. The van der Waals surface area contributed by atoms with Gasteiger partial charge in [0.15, 0.2) is 0 Å². The Morgan fingerprint density at radius 2 is 2.17 bits per heavy atom. The summed E-state index contributed by atoms with van der Waals surface area (Å²) in [5.41, 5.74) is 1.49. The zero-order chi connectivity index (χ0) is 17.5. The molecule has 0 aliphatic carbocycles.